The van der Waals surface area contributed by atoms with Crippen LogP contribution in [0.3, 0.4) is 0 Å². The molecule has 0 spiro atoms. The molecular weight excluding hydrogens is 294 g/mol. The fourth-order valence-corrected chi connectivity index (χ4v) is 1.87. The third-order valence-electron chi connectivity index (χ3n) is 2.83. The van der Waals surface area contributed by atoms with Crippen LogP contribution in [0.2, 0.25) is 0 Å². The van der Waals surface area contributed by atoms with Crippen LogP contribution < -0.4 is 10.1 Å². The van der Waals surface area contributed by atoms with Crippen LogP contribution in [0.4, 0.5) is 8.78 Å². The number of ether oxygens (including phenoxy) is 1. The van der Waals surface area contributed by atoms with E-state index in [4.69, 9.17) is 4.74 Å². The van der Waals surface area contributed by atoms with E-state index in [0.717, 1.165) is 0 Å². The molecule has 0 bridgehead atoms. The van der Waals surface area contributed by atoms with Crippen molar-refractivity contribution in [1.82, 2.24) is 10.3 Å². The lowest BCUT2D eigenvalue weighted by atomic mass is 10.1. The van der Waals surface area contributed by atoms with Crippen molar-refractivity contribution in [3.63, 3.8) is 0 Å². The van der Waals surface area contributed by atoms with Crippen LogP contribution in [0.1, 0.15) is 22.8 Å². The van der Waals surface area contributed by atoms with Gasteiger partial charge in [-0.2, -0.15) is 0 Å². The van der Waals surface area contributed by atoms with Gasteiger partial charge in [0.15, 0.2) is 0 Å². The predicted molar refractivity (Wildman–Crippen MR) is 74.6 cm³/mol. The first-order chi connectivity index (χ1) is 10.5. The summed E-state index contributed by atoms with van der Waals surface area (Å²) in [4.78, 5) is 16.0. The van der Waals surface area contributed by atoms with Crippen LogP contribution in [-0.2, 0) is 6.54 Å². The van der Waals surface area contributed by atoms with Gasteiger partial charge < -0.3 is 15.2 Å². The maximum absolute atomic E-state index is 13.6. The second-order valence-electron chi connectivity index (χ2n) is 4.37. The molecule has 1 aromatic carbocycles. The zero-order valence-electron chi connectivity index (χ0n) is 11.8. The molecule has 5 nitrogen and oxygen atoms in total. The molecule has 2 rings (SSSR count). The van der Waals surface area contributed by atoms with Gasteiger partial charge >= 0.3 is 0 Å². The first-order valence-corrected chi connectivity index (χ1v) is 6.55. The second kappa shape index (κ2) is 6.84. The van der Waals surface area contributed by atoms with Gasteiger partial charge in [0, 0.05) is 30.4 Å². The summed E-state index contributed by atoms with van der Waals surface area (Å²) in [7, 11) is 0. The van der Waals surface area contributed by atoms with Gasteiger partial charge in [-0.25, -0.2) is 13.8 Å². The Morgan fingerprint density at radius 2 is 2.18 bits per heavy atom. The molecule has 0 aliphatic rings. The van der Waals surface area contributed by atoms with Crippen molar-refractivity contribution >= 4 is 5.91 Å². The lowest BCUT2D eigenvalue weighted by Gasteiger charge is -2.11. The van der Waals surface area contributed by atoms with E-state index >= 15 is 0 Å². The van der Waals surface area contributed by atoms with E-state index in [2.05, 4.69) is 10.3 Å². The summed E-state index contributed by atoms with van der Waals surface area (Å²) < 4.78 is 31.8. The maximum Gasteiger partial charge on any atom is 0.258 e. The van der Waals surface area contributed by atoms with Gasteiger partial charge in [-0.15, -0.1) is 0 Å². The third-order valence-corrected chi connectivity index (χ3v) is 2.83. The molecule has 1 aromatic heterocycles. The van der Waals surface area contributed by atoms with Crippen molar-refractivity contribution in [2.45, 2.75) is 13.5 Å². The molecule has 0 radical (unpaired) electrons. The molecular formula is C15H14F2N2O3. The number of aromatic hydroxyl groups is 1. The first-order valence-electron chi connectivity index (χ1n) is 6.55. The number of rotatable bonds is 5. The third kappa shape index (κ3) is 3.49. The van der Waals surface area contributed by atoms with Gasteiger partial charge in [0.2, 0.25) is 5.88 Å². The summed E-state index contributed by atoms with van der Waals surface area (Å²) in [6, 6.07) is 4.57. The zero-order valence-corrected chi connectivity index (χ0v) is 11.8. The average molecular weight is 308 g/mol. The monoisotopic (exact) mass is 308 g/mol. The second-order valence-corrected chi connectivity index (χ2v) is 4.37. The molecule has 0 aliphatic heterocycles. The molecule has 0 saturated carbocycles. The zero-order chi connectivity index (χ0) is 16.1. The number of benzene rings is 1. The Morgan fingerprint density at radius 1 is 1.41 bits per heavy atom. The number of hydrogen-bond donors (Lipinski definition) is 2. The highest BCUT2D eigenvalue weighted by atomic mass is 19.1. The van der Waals surface area contributed by atoms with Crippen LogP contribution in [0.25, 0.3) is 0 Å². The summed E-state index contributed by atoms with van der Waals surface area (Å²) in [6.07, 6.45) is 1.54. The summed E-state index contributed by atoms with van der Waals surface area (Å²) in [5, 5.41) is 11.9. The molecule has 1 heterocycles. The van der Waals surface area contributed by atoms with Gasteiger partial charge in [0.25, 0.3) is 5.91 Å². The molecule has 22 heavy (non-hydrogen) atoms. The Balaban J connectivity index is 2.14. The normalized spacial score (nSPS) is 10.3. The van der Waals surface area contributed by atoms with Crippen LogP contribution in [0.5, 0.6) is 11.6 Å². The Kier molecular flexibility index (Phi) is 4.88. The largest absolute Gasteiger partial charge is 0.507 e. The van der Waals surface area contributed by atoms with Crippen molar-refractivity contribution in [3.8, 4) is 11.6 Å². The van der Waals surface area contributed by atoms with Crippen LogP contribution in [0.15, 0.2) is 30.5 Å². The summed E-state index contributed by atoms with van der Waals surface area (Å²) in [6.45, 7) is 2.23. The minimum atomic E-state index is -1.13. The maximum atomic E-state index is 13.6. The molecule has 116 valence electrons. The molecule has 0 fully saturated rings. The van der Waals surface area contributed by atoms with Gasteiger partial charge in [-0.1, -0.05) is 6.07 Å². The number of amides is 1. The molecule has 2 aromatic rings. The fraction of sp³-hybridized carbons (Fsp3) is 0.200. The molecule has 0 aliphatic carbocycles. The number of aromatic nitrogens is 1. The van der Waals surface area contributed by atoms with Crippen molar-refractivity contribution < 1.29 is 23.4 Å². The van der Waals surface area contributed by atoms with Gasteiger partial charge in [0.05, 0.1) is 6.61 Å². The summed E-state index contributed by atoms with van der Waals surface area (Å²) in [5.41, 5.74) is -0.0111. The van der Waals surface area contributed by atoms with Gasteiger partial charge in [-0.3, -0.25) is 4.79 Å². The Labute approximate surface area is 125 Å². The first kappa shape index (κ1) is 15.7. The molecule has 7 heteroatoms. The standard InChI is InChI=1S/C15H14F2N2O3/c1-2-22-15-9(4-3-5-18-15)8-19-14(21)13-11(17)6-10(16)7-12(13)20/h3-7,20H,2,8H2,1H3,(H,19,21). The van der Waals surface area contributed by atoms with Crippen molar-refractivity contribution in [1.29, 1.82) is 0 Å². The van der Waals surface area contributed by atoms with E-state index in [0.29, 0.717) is 30.2 Å². The Morgan fingerprint density at radius 3 is 2.86 bits per heavy atom. The van der Waals surface area contributed by atoms with E-state index in [9.17, 15) is 18.7 Å². The van der Waals surface area contributed by atoms with E-state index in [1.807, 2.05) is 0 Å². The highest BCUT2D eigenvalue weighted by Crippen LogP contribution is 2.22. The van der Waals surface area contributed by atoms with E-state index < -0.39 is 28.9 Å². The SMILES string of the molecule is CCOc1ncccc1CNC(=O)c1c(O)cc(F)cc1F. The molecule has 0 saturated heterocycles. The molecule has 0 unspecified atom stereocenters. The van der Waals surface area contributed by atoms with E-state index in [1.54, 1.807) is 25.3 Å². The average Bonchev–Trinajstić information content (AvgIpc) is 2.45. The highest BCUT2D eigenvalue weighted by Gasteiger charge is 2.18. The smallest absolute Gasteiger partial charge is 0.258 e. The fourth-order valence-electron chi connectivity index (χ4n) is 1.87. The number of nitrogens with zero attached hydrogens (tertiary/aromatic N) is 1. The number of carbonyl (C=O) groups excluding carboxylic acids is 1. The van der Waals surface area contributed by atoms with E-state index in [-0.39, 0.29) is 6.54 Å². The topological polar surface area (TPSA) is 71.5 Å². The van der Waals surface area contributed by atoms with Crippen molar-refractivity contribution in [2.75, 3.05) is 6.61 Å². The minimum Gasteiger partial charge on any atom is -0.507 e. The quantitative estimate of drug-likeness (QED) is 0.889. The number of pyridine rings is 1. The number of halogens is 2. The van der Waals surface area contributed by atoms with Crippen LogP contribution in [-0.4, -0.2) is 22.6 Å². The van der Waals surface area contributed by atoms with Gasteiger partial charge in [0.1, 0.15) is 22.9 Å². The lowest BCUT2D eigenvalue weighted by molar-refractivity contribution is 0.0943. The minimum absolute atomic E-state index is 0.0261. The van der Waals surface area contributed by atoms with E-state index in [1.165, 1.54) is 0 Å². The Bertz CT molecular complexity index is 669. The summed E-state index contributed by atoms with van der Waals surface area (Å²) in [5.74, 6) is -3.36. The number of carbonyl (C=O) groups is 1. The number of phenols is 1. The number of hydrogen-bond acceptors (Lipinski definition) is 4. The van der Waals surface area contributed by atoms with Crippen LogP contribution in [0, 0.1) is 11.6 Å². The lowest BCUT2D eigenvalue weighted by Crippen LogP contribution is -2.24. The molecule has 1 amide bonds. The van der Waals surface area contributed by atoms with Crippen molar-refractivity contribution in [3.05, 3.63) is 53.2 Å². The highest BCUT2D eigenvalue weighted by molar-refractivity contribution is 5.97. The molecule has 0 atom stereocenters. The molecule has 2 N–H and O–H groups in total. The summed E-state index contributed by atoms with van der Waals surface area (Å²) >= 11 is 0. The number of nitrogens with one attached hydrogen (secondary N) is 1. The predicted octanol–water partition coefficient (Wildman–Crippen LogP) is 2.39. The van der Waals surface area contributed by atoms with Gasteiger partial charge in [-0.05, 0) is 13.0 Å². The van der Waals surface area contributed by atoms with Crippen LogP contribution >= 0.6 is 0 Å². The Hall–Kier alpha value is -2.70. The van der Waals surface area contributed by atoms with Crippen molar-refractivity contribution in [2.24, 2.45) is 0 Å². The number of phenolic OH excluding ortho intramolecular Hbond substituents is 1.